The number of nitrogens with one attached hydrogen (secondary N) is 1. The van der Waals surface area contributed by atoms with Gasteiger partial charge in [0.15, 0.2) is 11.5 Å². The third kappa shape index (κ3) is 3.35. The highest BCUT2D eigenvalue weighted by atomic mass is 35.5. The number of aromatic hydroxyl groups is 1. The first-order valence-electron chi connectivity index (χ1n) is 6.05. The van der Waals surface area contributed by atoms with Gasteiger partial charge in [0.1, 0.15) is 5.69 Å². The number of para-hydroxylation sites is 2. The van der Waals surface area contributed by atoms with E-state index in [0.717, 1.165) is 0 Å². The summed E-state index contributed by atoms with van der Waals surface area (Å²) in [5.74, 6) is 0.204. The van der Waals surface area contributed by atoms with Crippen LogP contribution in [0.5, 0.6) is 11.5 Å². The molecule has 0 unspecified atom stereocenters. The van der Waals surface area contributed by atoms with E-state index in [1.54, 1.807) is 24.3 Å². The average Bonchev–Trinajstić information content (AvgIpc) is 2.47. The Bertz CT molecular complexity index is 676. The summed E-state index contributed by atoms with van der Waals surface area (Å²) in [5.41, 5.74) is 0.810. The molecule has 7 heteroatoms. The molecule has 6 nitrogen and oxygen atoms in total. The molecular weight excluding hydrogens is 296 g/mol. The lowest BCUT2D eigenvalue weighted by Crippen LogP contribution is -2.03. The van der Waals surface area contributed by atoms with Gasteiger partial charge in [-0.15, -0.1) is 0 Å². The number of phenols is 1. The number of nitro groups is 1. The number of hydrogen-bond acceptors (Lipinski definition) is 5. The average molecular weight is 309 g/mol. The van der Waals surface area contributed by atoms with Crippen molar-refractivity contribution in [2.45, 2.75) is 6.54 Å². The van der Waals surface area contributed by atoms with Gasteiger partial charge in [0.2, 0.25) is 0 Å². The quantitative estimate of drug-likeness (QED) is 0.651. The second kappa shape index (κ2) is 6.32. The van der Waals surface area contributed by atoms with Crippen LogP contribution in [0.15, 0.2) is 36.4 Å². The van der Waals surface area contributed by atoms with Crippen molar-refractivity contribution in [2.75, 3.05) is 12.4 Å². The second-order valence-corrected chi connectivity index (χ2v) is 4.68. The zero-order chi connectivity index (χ0) is 15.4. The van der Waals surface area contributed by atoms with Crippen molar-refractivity contribution in [2.24, 2.45) is 0 Å². The van der Waals surface area contributed by atoms with E-state index in [4.69, 9.17) is 16.3 Å². The molecule has 0 aliphatic heterocycles. The Morgan fingerprint density at radius 2 is 2.10 bits per heavy atom. The van der Waals surface area contributed by atoms with E-state index in [1.165, 1.54) is 19.2 Å². The number of anilines is 1. The van der Waals surface area contributed by atoms with Crippen LogP contribution in [0, 0.1) is 10.1 Å². The molecule has 0 spiro atoms. The molecule has 0 aromatic heterocycles. The van der Waals surface area contributed by atoms with Crippen molar-refractivity contribution in [3.05, 3.63) is 57.1 Å². The summed E-state index contributed by atoms with van der Waals surface area (Å²) in [6.07, 6.45) is 0. The lowest BCUT2D eigenvalue weighted by molar-refractivity contribution is -0.384. The van der Waals surface area contributed by atoms with Crippen LogP contribution in [0.2, 0.25) is 5.02 Å². The minimum atomic E-state index is -0.471. The Hall–Kier alpha value is -2.47. The van der Waals surface area contributed by atoms with Crippen LogP contribution in [0.4, 0.5) is 11.4 Å². The maximum absolute atomic E-state index is 10.9. The molecule has 0 saturated carbocycles. The van der Waals surface area contributed by atoms with Gasteiger partial charge in [0, 0.05) is 29.3 Å². The summed E-state index contributed by atoms with van der Waals surface area (Å²) in [5, 5.41) is 24.3. The predicted octanol–water partition coefficient (Wildman–Crippen LogP) is 3.57. The van der Waals surface area contributed by atoms with Crippen LogP contribution in [0.3, 0.4) is 0 Å². The fourth-order valence-corrected chi connectivity index (χ4v) is 2.12. The summed E-state index contributed by atoms with van der Waals surface area (Å²) < 4.78 is 5.01. The Balaban J connectivity index is 2.25. The van der Waals surface area contributed by atoms with Crippen molar-refractivity contribution in [3.8, 4) is 11.5 Å². The smallest absolute Gasteiger partial charge is 0.292 e. The lowest BCUT2D eigenvalue weighted by atomic mass is 10.1. The molecule has 0 bridgehead atoms. The van der Waals surface area contributed by atoms with Gasteiger partial charge in [-0.1, -0.05) is 23.7 Å². The second-order valence-electron chi connectivity index (χ2n) is 4.24. The monoisotopic (exact) mass is 308 g/mol. The van der Waals surface area contributed by atoms with Gasteiger partial charge in [-0.2, -0.15) is 0 Å². The largest absolute Gasteiger partial charge is 0.504 e. The predicted molar refractivity (Wildman–Crippen MR) is 80.1 cm³/mol. The topological polar surface area (TPSA) is 84.6 Å². The molecule has 0 amide bonds. The van der Waals surface area contributed by atoms with E-state index in [9.17, 15) is 15.2 Å². The Kier molecular flexibility index (Phi) is 4.49. The maximum atomic E-state index is 10.9. The van der Waals surface area contributed by atoms with Crippen molar-refractivity contribution < 1.29 is 14.8 Å². The van der Waals surface area contributed by atoms with Crippen molar-refractivity contribution in [1.82, 2.24) is 0 Å². The summed E-state index contributed by atoms with van der Waals surface area (Å²) in [7, 11) is 1.42. The van der Waals surface area contributed by atoms with E-state index < -0.39 is 4.92 Å². The van der Waals surface area contributed by atoms with Gasteiger partial charge in [0.05, 0.1) is 12.0 Å². The lowest BCUT2D eigenvalue weighted by Gasteiger charge is -2.11. The number of hydrogen-bond donors (Lipinski definition) is 2. The van der Waals surface area contributed by atoms with Gasteiger partial charge in [-0.3, -0.25) is 10.1 Å². The van der Waals surface area contributed by atoms with E-state index in [0.29, 0.717) is 16.3 Å². The molecule has 110 valence electrons. The number of methoxy groups -OCH3 is 1. The van der Waals surface area contributed by atoms with Crippen LogP contribution in [-0.2, 0) is 6.54 Å². The van der Waals surface area contributed by atoms with Crippen molar-refractivity contribution in [3.63, 3.8) is 0 Å². The number of benzene rings is 2. The highest BCUT2D eigenvalue weighted by molar-refractivity contribution is 6.30. The highest BCUT2D eigenvalue weighted by Gasteiger charge is 2.14. The van der Waals surface area contributed by atoms with Gasteiger partial charge in [-0.25, -0.2) is 0 Å². The standard InChI is InChI=1S/C14H13ClN2O4/c1-21-13-7-10(15)6-9(14(13)18)8-16-11-4-2-3-5-12(11)17(19)20/h2-7,16,18H,8H2,1H3. The third-order valence-corrected chi connectivity index (χ3v) is 3.13. The van der Waals surface area contributed by atoms with E-state index in [-0.39, 0.29) is 23.7 Å². The van der Waals surface area contributed by atoms with Gasteiger partial charge in [-0.05, 0) is 12.1 Å². The molecule has 0 atom stereocenters. The minimum Gasteiger partial charge on any atom is -0.504 e. The van der Waals surface area contributed by atoms with E-state index in [2.05, 4.69) is 5.32 Å². The van der Waals surface area contributed by atoms with Crippen LogP contribution >= 0.6 is 11.6 Å². The molecule has 0 radical (unpaired) electrons. The number of ether oxygens (including phenoxy) is 1. The molecule has 21 heavy (non-hydrogen) atoms. The summed E-state index contributed by atoms with van der Waals surface area (Å²) >= 11 is 5.94. The maximum Gasteiger partial charge on any atom is 0.292 e. The Morgan fingerprint density at radius 1 is 1.38 bits per heavy atom. The first kappa shape index (κ1) is 14.9. The number of nitro benzene ring substituents is 1. The van der Waals surface area contributed by atoms with Crippen LogP contribution < -0.4 is 10.1 Å². The number of halogens is 1. The van der Waals surface area contributed by atoms with Gasteiger partial charge < -0.3 is 15.2 Å². The molecule has 2 aromatic rings. The molecule has 0 saturated heterocycles. The fourth-order valence-electron chi connectivity index (χ4n) is 1.89. The summed E-state index contributed by atoms with van der Waals surface area (Å²) in [4.78, 5) is 10.5. The van der Waals surface area contributed by atoms with Crippen LogP contribution in [0.1, 0.15) is 5.56 Å². The first-order chi connectivity index (χ1) is 10.0. The Labute approximate surface area is 126 Å². The van der Waals surface area contributed by atoms with Gasteiger partial charge in [0.25, 0.3) is 5.69 Å². The summed E-state index contributed by atoms with van der Waals surface area (Å²) in [6.45, 7) is 0.174. The third-order valence-electron chi connectivity index (χ3n) is 2.91. The molecule has 0 aliphatic carbocycles. The zero-order valence-electron chi connectivity index (χ0n) is 11.2. The Morgan fingerprint density at radius 3 is 2.76 bits per heavy atom. The SMILES string of the molecule is COc1cc(Cl)cc(CNc2ccccc2[N+](=O)[O-])c1O. The van der Waals surface area contributed by atoms with Crippen LogP contribution in [-0.4, -0.2) is 17.1 Å². The first-order valence-corrected chi connectivity index (χ1v) is 6.43. The number of rotatable bonds is 5. The van der Waals surface area contributed by atoms with Crippen molar-refractivity contribution >= 4 is 23.0 Å². The van der Waals surface area contributed by atoms with Crippen molar-refractivity contribution in [1.29, 1.82) is 0 Å². The fraction of sp³-hybridized carbons (Fsp3) is 0.143. The molecular formula is C14H13ClN2O4. The zero-order valence-corrected chi connectivity index (χ0v) is 11.9. The van der Waals surface area contributed by atoms with Crippen LogP contribution in [0.25, 0.3) is 0 Å². The molecule has 2 N–H and O–H groups in total. The number of phenolic OH excluding ortho intramolecular Hbond substituents is 1. The minimum absolute atomic E-state index is 0.0361. The van der Waals surface area contributed by atoms with E-state index in [1.807, 2.05) is 0 Å². The molecule has 0 heterocycles. The molecule has 0 fully saturated rings. The summed E-state index contributed by atoms with van der Waals surface area (Å²) in [6, 6.07) is 9.33. The number of nitrogens with zero attached hydrogens (tertiary/aromatic N) is 1. The molecule has 2 aromatic carbocycles. The van der Waals surface area contributed by atoms with E-state index >= 15 is 0 Å². The van der Waals surface area contributed by atoms with Gasteiger partial charge >= 0.3 is 0 Å². The molecule has 0 aliphatic rings. The highest BCUT2D eigenvalue weighted by Crippen LogP contribution is 2.34. The molecule has 2 rings (SSSR count). The normalized spacial score (nSPS) is 10.2.